The van der Waals surface area contributed by atoms with Crippen LogP contribution >= 0.6 is 0 Å². The third kappa shape index (κ3) is 19.8. The Labute approximate surface area is 665 Å². The summed E-state index contributed by atoms with van der Waals surface area (Å²) in [6.45, 7) is 28.8. The van der Waals surface area contributed by atoms with E-state index in [1.54, 1.807) is 99.1 Å². The fraction of sp³-hybridized carbons (Fsp3) is 0.682. The number of carbonyl (C=O) groups excluding carboxylic acids is 8. The molecule has 1 aromatic carbocycles. The van der Waals surface area contributed by atoms with Crippen molar-refractivity contribution >= 4 is 64.2 Å². The molecule has 0 saturated carbocycles. The fourth-order valence-corrected chi connectivity index (χ4v) is 18.2. The van der Waals surface area contributed by atoms with E-state index in [9.17, 15) is 48.6 Å². The van der Waals surface area contributed by atoms with E-state index >= 15 is 0 Å². The van der Waals surface area contributed by atoms with Crippen LogP contribution in [0.4, 0.5) is 9.59 Å². The number of Topliss-reactive ketones (excluding diaryl/α,β-unsaturated/α-hetero) is 4. The number of unbranched alkanes of at least 4 members (excludes halogenated alkanes) is 1. The largest absolute Gasteiger partial charge is 0.458 e. The molecule has 9 heterocycles. The summed E-state index contributed by atoms with van der Waals surface area (Å²) in [5, 5.41) is 26.8. The summed E-state index contributed by atoms with van der Waals surface area (Å²) in [6.07, 6.45) is 5.57. The predicted octanol–water partition coefficient (Wildman–Crippen LogP) is 10.0. The van der Waals surface area contributed by atoms with Crippen molar-refractivity contribution < 1.29 is 95.9 Å². The molecular formula is C85H124N8O20. The predicted molar refractivity (Wildman–Crippen MR) is 420 cm³/mol. The lowest BCUT2D eigenvalue weighted by Crippen LogP contribution is -2.60. The van der Waals surface area contributed by atoms with Crippen LogP contribution in [-0.2, 0) is 82.7 Å². The fourth-order valence-electron chi connectivity index (χ4n) is 18.2. The van der Waals surface area contributed by atoms with Crippen molar-refractivity contribution in [2.24, 2.45) is 47.3 Å². The van der Waals surface area contributed by atoms with Crippen LogP contribution in [0, 0.1) is 47.3 Å². The number of hydrogen-bond acceptors (Lipinski definition) is 25. The maximum absolute atomic E-state index is 14.7. The quantitative estimate of drug-likeness (QED) is 0.0340. The molecule has 0 unspecified atom stereocenters. The third-order valence-corrected chi connectivity index (χ3v) is 24.7. The molecule has 113 heavy (non-hydrogen) atoms. The minimum absolute atomic E-state index is 0.0612. The first-order chi connectivity index (χ1) is 53.3. The van der Waals surface area contributed by atoms with Crippen molar-refractivity contribution in [1.82, 2.24) is 39.5 Å². The molecule has 2 amide bonds. The van der Waals surface area contributed by atoms with Crippen molar-refractivity contribution in [3.8, 4) is 11.3 Å². The smallest absolute Gasteiger partial charge is 0.410 e. The Morgan fingerprint density at radius 1 is 0.637 bits per heavy atom. The number of cyclic esters (lactones) is 2. The van der Waals surface area contributed by atoms with Crippen LogP contribution in [0.15, 0.2) is 79.7 Å². The molecule has 6 aliphatic rings. The number of likely N-dealkylation sites (N-methyl/N-ethyl adjacent to an activating group) is 2. The number of para-hydroxylation sites is 1. The number of aryl methyl sites for hydroxylation is 1. The van der Waals surface area contributed by atoms with Gasteiger partial charge in [0.25, 0.3) is 0 Å². The normalized spacial score (nSPS) is 37.4. The van der Waals surface area contributed by atoms with E-state index < -0.39 is 167 Å². The molecule has 6 saturated heterocycles. The van der Waals surface area contributed by atoms with E-state index in [4.69, 9.17) is 47.4 Å². The Hall–Kier alpha value is -7.51. The molecule has 0 radical (unpaired) electrons. The number of amides is 2. The number of fused-ring (bicyclic) bond motifs is 3. The summed E-state index contributed by atoms with van der Waals surface area (Å²) in [6, 6.07) is 11.4. The molecule has 26 atom stereocenters. The number of ketones is 4. The molecular weight excluding hydrogens is 1450 g/mol. The molecule has 6 aliphatic heterocycles. The monoisotopic (exact) mass is 1580 g/mol. The van der Waals surface area contributed by atoms with Gasteiger partial charge in [0.1, 0.15) is 47.8 Å². The van der Waals surface area contributed by atoms with E-state index in [0.717, 1.165) is 27.7 Å². The van der Waals surface area contributed by atoms with Gasteiger partial charge in [-0.05, 0) is 165 Å². The number of nitrogens with zero attached hydrogens (tertiary/aromatic N) is 7. The molecule has 28 heteroatoms. The zero-order valence-corrected chi connectivity index (χ0v) is 69.9. The summed E-state index contributed by atoms with van der Waals surface area (Å²) in [5.74, 6) is -10.1. The van der Waals surface area contributed by atoms with Crippen LogP contribution in [0.1, 0.15) is 168 Å². The highest BCUT2D eigenvalue weighted by atomic mass is 16.7. The zero-order valence-electron chi connectivity index (χ0n) is 69.9. The highest BCUT2D eigenvalue weighted by molar-refractivity contribution is 6.01. The number of nitrogens with one attached hydrogen (secondary N) is 1. The second kappa shape index (κ2) is 37.6. The van der Waals surface area contributed by atoms with Crippen molar-refractivity contribution in [2.45, 2.75) is 277 Å². The Morgan fingerprint density at radius 3 is 1.73 bits per heavy atom. The molecule has 0 spiro atoms. The molecule has 4 aromatic rings. The van der Waals surface area contributed by atoms with Gasteiger partial charge in [-0.15, -0.1) is 0 Å². The van der Waals surface area contributed by atoms with Crippen molar-refractivity contribution in [3.63, 3.8) is 0 Å². The zero-order chi connectivity index (χ0) is 83.1. The maximum Gasteiger partial charge on any atom is 0.410 e. The molecule has 3 aromatic heterocycles. The van der Waals surface area contributed by atoms with Crippen molar-refractivity contribution in [1.29, 1.82) is 0 Å². The number of aromatic nitrogens is 4. The topological polar surface area (TPSA) is 335 Å². The molecule has 10 rings (SSSR count). The minimum atomic E-state index is -1.40. The number of esters is 2. The maximum atomic E-state index is 14.7. The number of benzene rings is 1. The first kappa shape index (κ1) is 89.4. The molecule has 3 N–H and O–H groups in total. The number of aliphatic hydroxyl groups is 2. The lowest BCUT2D eigenvalue weighted by molar-refractivity contribution is -0.296. The summed E-state index contributed by atoms with van der Waals surface area (Å²) >= 11 is 0. The second-order valence-electron chi connectivity index (χ2n) is 33.7. The number of aliphatic hydroxyl groups excluding tert-OH is 2. The molecule has 0 bridgehead atoms. The van der Waals surface area contributed by atoms with Gasteiger partial charge in [0, 0.05) is 104 Å². The number of ether oxygens (including phenoxy) is 10. The molecule has 6 fully saturated rings. The first-order valence-electron chi connectivity index (χ1n) is 40.2. The Bertz CT molecular complexity index is 3990. The van der Waals surface area contributed by atoms with E-state index in [1.807, 2.05) is 131 Å². The van der Waals surface area contributed by atoms with Gasteiger partial charge in [0.15, 0.2) is 35.3 Å². The number of carbonyl (C=O) groups is 8. The average molecular weight is 1580 g/mol. The standard InChI is InChI=1S/C43H65N5O10.C42H59N3O10/c1-12-33-43(8)37(48(41(53)58-43)19-14-13-18-47-23-31(45-24-47)30-16-15-17-44-22-30)27(4)34(49)25(2)21-42(7,54-11)38(28(5)35(50)29(6)39(52)56-33)57-40-36(51)32(46(9)10)20-26(3)55-40;1-11-32-42(8)36(44-40(50)55-42)25(4)33(46)23(2)21-41(7,51-18-14-15-28-20-29-16-12-13-17-30(29)43-22-28)37(26(5)34(47)27(6)38(49)53-32)54-39-35(48)31(45(9)10)19-24(3)52-39/h15-17,22-29,32-33,36-38,40,51H,12-14,18-21H2,1-11H3;12-17,20,22-27,31-32,35-37,39,48H,11,18-19,21H2,1-10H3,(H,44,50)/b;15-14+/t25-,26-,27+,28+,29-,32+,33-,36-,37-,38-,40+,42+,43-;23-,24-,25+,26+,27-,31+,32-,35-,36-,37-,39+,41+,42-/m11/s1. The third-order valence-electron chi connectivity index (χ3n) is 24.7. The summed E-state index contributed by atoms with van der Waals surface area (Å²) in [7, 11) is 8.98. The van der Waals surface area contributed by atoms with E-state index in [2.05, 4.69) is 20.3 Å². The van der Waals surface area contributed by atoms with Gasteiger partial charge in [0.2, 0.25) is 0 Å². The van der Waals surface area contributed by atoms with Crippen LogP contribution < -0.4 is 5.32 Å². The van der Waals surface area contributed by atoms with Crippen molar-refractivity contribution in [3.05, 3.63) is 85.2 Å². The number of alkyl carbamates (subject to hydrolysis) is 1. The molecule has 624 valence electrons. The van der Waals surface area contributed by atoms with Crippen molar-refractivity contribution in [2.75, 3.05) is 48.5 Å². The van der Waals surface area contributed by atoms with E-state index in [0.29, 0.717) is 38.8 Å². The van der Waals surface area contributed by atoms with Gasteiger partial charge in [-0.1, -0.05) is 85.7 Å². The number of methoxy groups -OCH3 is 1. The van der Waals surface area contributed by atoms with Gasteiger partial charge in [-0.2, -0.15) is 0 Å². The number of imidazole rings is 1. The second-order valence-corrected chi connectivity index (χ2v) is 33.7. The van der Waals surface area contributed by atoms with Crippen LogP contribution in [0.2, 0.25) is 0 Å². The van der Waals surface area contributed by atoms with E-state index in [-0.39, 0.29) is 68.1 Å². The SMILES string of the molecule is CC[C@H]1OC(=O)[C@H](C)C(=O)[C@H](C)[C@@H](O[C@@H]2O[C@H](C)C[C@H](N(C)C)[C@H]2O)[C@@](C)(OC)C[C@@H](C)C(=O)[C@H](C)[C@H]2N(CCCCn3cnc(-c4cccnc4)c3)C(=O)O[C@]12C.CC[C@H]1OC(=O)[C@H](C)C(=O)[C@H](C)[C@@H](O[C@@H]2O[C@H](C)C[C@H](N(C)C)[C@H]2O)[C@@](C)(OC/C=C/c2cnc3ccccc3c2)C[C@@H](C)C(=O)[C@H](C)[C@H]2NC(=O)O[C@@]21C. The molecule has 0 aliphatic carbocycles. The van der Waals surface area contributed by atoms with Gasteiger partial charge in [-0.25, -0.2) is 14.6 Å². The lowest BCUT2D eigenvalue weighted by Gasteiger charge is -2.47. The Morgan fingerprint density at radius 2 is 1.18 bits per heavy atom. The van der Waals surface area contributed by atoms with Gasteiger partial charge >= 0.3 is 24.1 Å². The Balaban J connectivity index is 0.000000259. The van der Waals surface area contributed by atoms with E-state index in [1.165, 1.54) is 21.0 Å². The summed E-state index contributed by atoms with van der Waals surface area (Å²) in [4.78, 5) is 131. The van der Waals surface area contributed by atoms with Gasteiger partial charge in [-0.3, -0.25) is 38.7 Å². The van der Waals surface area contributed by atoms with Crippen LogP contribution in [0.5, 0.6) is 0 Å². The summed E-state index contributed by atoms with van der Waals surface area (Å²) in [5.41, 5.74) is -1.94. The number of hydrogen-bond donors (Lipinski definition) is 3. The highest BCUT2D eigenvalue weighted by Gasteiger charge is 2.62. The Kier molecular flexibility index (Phi) is 29.8. The van der Waals surface area contributed by atoms with Crippen LogP contribution in [0.3, 0.4) is 0 Å². The van der Waals surface area contributed by atoms with Gasteiger partial charge < -0.3 is 82.2 Å². The van der Waals surface area contributed by atoms with Crippen LogP contribution in [0.25, 0.3) is 28.2 Å². The first-order valence-corrected chi connectivity index (χ1v) is 40.2. The average Bonchev–Trinajstić information content (AvgIpc) is 1.62. The van der Waals surface area contributed by atoms with Gasteiger partial charge in [0.05, 0.1) is 71.8 Å². The number of rotatable bonds is 19. The summed E-state index contributed by atoms with van der Waals surface area (Å²) < 4.78 is 64.6. The highest BCUT2D eigenvalue weighted by Crippen LogP contribution is 2.45. The minimum Gasteiger partial charge on any atom is -0.458 e. The number of pyridine rings is 2. The van der Waals surface area contributed by atoms with Crippen LogP contribution in [-0.4, -0.2) is 248 Å². The lowest BCUT2D eigenvalue weighted by atomic mass is 9.73. The molecule has 28 nitrogen and oxygen atoms in total.